The second kappa shape index (κ2) is 14.3. The van der Waals surface area contributed by atoms with Gasteiger partial charge in [0.2, 0.25) is 0 Å². The molecule has 236 valence electrons. The van der Waals surface area contributed by atoms with Crippen LogP contribution in [-0.4, -0.2) is 11.7 Å². The lowest BCUT2D eigenvalue weighted by Gasteiger charge is -2.28. The van der Waals surface area contributed by atoms with Crippen molar-refractivity contribution in [3.8, 4) is 0 Å². The van der Waals surface area contributed by atoms with Crippen LogP contribution >= 0.6 is 22.6 Å². The molecule has 48 heavy (non-hydrogen) atoms. The van der Waals surface area contributed by atoms with Crippen molar-refractivity contribution >= 4 is 57.0 Å². The summed E-state index contributed by atoms with van der Waals surface area (Å²) in [7, 11) is 0. The first-order chi connectivity index (χ1) is 23.6. The number of nitrogens with one attached hydrogen (secondary N) is 2. The minimum absolute atomic E-state index is 0.818. The van der Waals surface area contributed by atoms with Gasteiger partial charge in [-0.3, -0.25) is 10.9 Å². The molecule has 9 heteroatoms. The molecule has 0 saturated heterocycles. The van der Waals surface area contributed by atoms with Crippen molar-refractivity contribution in [2.45, 2.75) is 6.92 Å². The Labute approximate surface area is 294 Å². The second-order valence-corrected chi connectivity index (χ2v) is 12.3. The van der Waals surface area contributed by atoms with Crippen LogP contribution in [0.2, 0.25) is 0 Å². The van der Waals surface area contributed by atoms with Crippen LogP contribution in [-0.2, 0) is 0 Å². The third kappa shape index (κ3) is 6.96. The van der Waals surface area contributed by atoms with Crippen molar-refractivity contribution in [1.29, 1.82) is 0 Å². The van der Waals surface area contributed by atoms with Crippen LogP contribution in [0.25, 0.3) is 0 Å². The molecule has 2 N–H and O–H groups in total. The number of nitrogens with zero attached hydrogens (tertiary/aromatic N) is 6. The molecule has 0 saturated carbocycles. The highest BCUT2D eigenvalue weighted by Crippen LogP contribution is 2.27. The number of anilines is 4. The predicted octanol–water partition coefficient (Wildman–Crippen LogP) is 8.50. The lowest BCUT2D eigenvalue weighted by atomic mass is 10.2. The predicted molar refractivity (Wildman–Crippen MR) is 205 cm³/mol. The van der Waals surface area contributed by atoms with Crippen LogP contribution in [0.3, 0.4) is 0 Å². The van der Waals surface area contributed by atoms with E-state index >= 15 is 0 Å². The molecule has 0 bridgehead atoms. The van der Waals surface area contributed by atoms with E-state index < -0.39 is 0 Å². The Bertz CT molecular complexity index is 1840. The van der Waals surface area contributed by atoms with Gasteiger partial charge in [-0.15, -0.1) is 10.2 Å². The van der Waals surface area contributed by atoms with Gasteiger partial charge in [0.05, 0.1) is 22.7 Å². The molecule has 8 rings (SSSR count). The maximum atomic E-state index is 4.77. The van der Waals surface area contributed by atoms with E-state index in [1.54, 1.807) is 0 Å². The highest BCUT2D eigenvalue weighted by Gasteiger charge is 2.27. The third-order valence-electron chi connectivity index (χ3n) is 7.61. The molecule has 2 aliphatic heterocycles. The summed E-state index contributed by atoms with van der Waals surface area (Å²) in [6.45, 7) is 2.09. The molecule has 8 nitrogen and oxygen atoms in total. The number of hydrogen-bond acceptors (Lipinski definition) is 8. The lowest BCUT2D eigenvalue weighted by molar-refractivity contribution is 0.770. The summed E-state index contributed by atoms with van der Waals surface area (Å²) in [4.78, 5) is 0. The average Bonchev–Trinajstić information content (AvgIpc) is 3.81. The Morgan fingerprint density at radius 3 is 1.17 bits per heavy atom. The Hall–Kier alpha value is -5.81. The zero-order valence-corrected chi connectivity index (χ0v) is 28.4. The van der Waals surface area contributed by atoms with E-state index in [-0.39, 0.29) is 0 Å². The number of benzene rings is 6. The molecule has 0 spiro atoms. The minimum Gasteiger partial charge on any atom is -0.259 e. The van der Waals surface area contributed by atoms with Crippen LogP contribution in [0.1, 0.15) is 16.7 Å². The summed E-state index contributed by atoms with van der Waals surface area (Å²) < 4.78 is 1.20. The molecule has 2 aliphatic rings. The molecular formula is C39H33IN8. The van der Waals surface area contributed by atoms with Crippen LogP contribution in [0, 0.1) is 10.5 Å². The van der Waals surface area contributed by atoms with Crippen molar-refractivity contribution in [2.75, 3.05) is 20.5 Å². The highest BCUT2D eigenvalue weighted by molar-refractivity contribution is 14.1. The summed E-state index contributed by atoms with van der Waals surface area (Å²) in [5.74, 6) is 1.64. The fraction of sp³-hybridized carbons (Fsp3) is 0.0256. The summed E-state index contributed by atoms with van der Waals surface area (Å²) >= 11 is 2.31. The van der Waals surface area contributed by atoms with Gasteiger partial charge in [-0.05, 0) is 90.2 Å². The van der Waals surface area contributed by atoms with Gasteiger partial charge >= 0.3 is 0 Å². The van der Waals surface area contributed by atoms with Crippen molar-refractivity contribution < 1.29 is 0 Å². The minimum atomic E-state index is 0.818. The molecule has 0 aromatic heterocycles. The zero-order chi connectivity index (χ0) is 32.7. The van der Waals surface area contributed by atoms with Gasteiger partial charge in [-0.2, -0.15) is 20.5 Å². The maximum Gasteiger partial charge on any atom is 0.176 e. The van der Waals surface area contributed by atoms with E-state index in [1.165, 1.54) is 9.13 Å². The number of amidine groups is 2. The number of aryl methyl sites for hydroxylation is 1. The average molecular weight is 741 g/mol. The van der Waals surface area contributed by atoms with Crippen LogP contribution in [0.5, 0.6) is 0 Å². The Kier molecular flexibility index (Phi) is 9.19. The molecule has 0 unspecified atom stereocenters. The topological polar surface area (TPSA) is 61.7 Å². The molecule has 6 aromatic carbocycles. The standard InChI is InChI=1S/C20H18N4.C19H15IN4/c1-16-12-14-19(15-13-16)24-22-20(17-8-4-2-5-9-17)21-23(24)18-10-6-3-7-11-18;20-16-11-13-18(14-12-16)24-22-19(15-7-3-1-4-8-15)21-23(24)17-9-5-2-6-10-17/h2-15H,1H3,(H,21,22);1-14H,(H,21,22). The number of rotatable bonds is 6. The normalized spacial score (nSPS) is 13.6. The fourth-order valence-electron chi connectivity index (χ4n) is 5.14. The van der Waals surface area contributed by atoms with E-state index in [4.69, 9.17) is 10.2 Å². The number of halogens is 1. The molecule has 0 fully saturated rings. The fourth-order valence-corrected chi connectivity index (χ4v) is 5.50. The molecule has 0 atom stereocenters. The lowest BCUT2D eigenvalue weighted by Crippen LogP contribution is -2.44. The third-order valence-corrected chi connectivity index (χ3v) is 8.33. The molecule has 0 radical (unpaired) electrons. The number of hydrogen-bond donors (Lipinski definition) is 2. The Morgan fingerprint density at radius 2 is 0.771 bits per heavy atom. The van der Waals surface area contributed by atoms with E-state index in [1.807, 2.05) is 142 Å². The second-order valence-electron chi connectivity index (χ2n) is 11.0. The summed E-state index contributed by atoms with van der Waals surface area (Å²) in [5, 5.41) is 17.2. The zero-order valence-electron chi connectivity index (χ0n) is 26.2. The van der Waals surface area contributed by atoms with E-state index in [0.717, 1.165) is 45.5 Å². The molecule has 2 heterocycles. The van der Waals surface area contributed by atoms with Crippen molar-refractivity contribution in [3.63, 3.8) is 0 Å². The first-order valence-corrected chi connectivity index (χ1v) is 16.6. The number of hydrazone groups is 2. The van der Waals surface area contributed by atoms with Crippen molar-refractivity contribution in [3.05, 3.63) is 190 Å². The van der Waals surface area contributed by atoms with Gasteiger partial charge in [0.25, 0.3) is 0 Å². The van der Waals surface area contributed by atoms with Gasteiger partial charge < -0.3 is 0 Å². The van der Waals surface area contributed by atoms with Crippen LogP contribution in [0.15, 0.2) is 180 Å². The Balaban J connectivity index is 0.000000152. The van der Waals surface area contributed by atoms with Gasteiger partial charge in [0.15, 0.2) is 11.7 Å². The van der Waals surface area contributed by atoms with Gasteiger partial charge in [-0.25, -0.2) is 0 Å². The van der Waals surface area contributed by atoms with Gasteiger partial charge in [0, 0.05) is 14.7 Å². The van der Waals surface area contributed by atoms with E-state index in [0.29, 0.717) is 0 Å². The van der Waals surface area contributed by atoms with Crippen molar-refractivity contribution in [2.24, 2.45) is 10.2 Å². The van der Waals surface area contributed by atoms with Gasteiger partial charge in [0.1, 0.15) is 0 Å². The van der Waals surface area contributed by atoms with E-state index in [2.05, 4.69) is 88.9 Å². The SMILES string of the molecule is Cc1ccc(N2NC(c3ccccc3)=NN2c2ccccc2)cc1.Ic1ccc(N2NC(c3ccccc3)=NN2c2ccccc2)cc1. The first-order valence-electron chi connectivity index (χ1n) is 15.6. The van der Waals surface area contributed by atoms with Gasteiger partial charge in [-0.1, -0.05) is 115 Å². The summed E-state index contributed by atoms with van der Waals surface area (Å²) in [6, 6.07) is 57.2. The number of hydrazine groups is 4. The smallest absolute Gasteiger partial charge is 0.176 e. The van der Waals surface area contributed by atoms with Crippen molar-refractivity contribution in [1.82, 2.24) is 10.9 Å². The largest absolute Gasteiger partial charge is 0.259 e. The maximum absolute atomic E-state index is 4.77. The first kappa shape index (κ1) is 30.8. The summed E-state index contributed by atoms with van der Waals surface area (Å²) in [6.07, 6.45) is 0. The summed E-state index contributed by atoms with van der Waals surface area (Å²) in [5.41, 5.74) is 14.2. The molecular weight excluding hydrogens is 707 g/mol. The molecule has 0 amide bonds. The van der Waals surface area contributed by atoms with Crippen LogP contribution in [0.4, 0.5) is 22.7 Å². The molecule has 0 aliphatic carbocycles. The van der Waals surface area contributed by atoms with E-state index in [9.17, 15) is 0 Å². The molecule has 6 aromatic rings. The van der Waals surface area contributed by atoms with Crippen LogP contribution < -0.4 is 31.3 Å². The highest BCUT2D eigenvalue weighted by atomic mass is 127. The Morgan fingerprint density at radius 1 is 0.417 bits per heavy atom. The quantitative estimate of drug-likeness (QED) is 0.167. The monoisotopic (exact) mass is 740 g/mol. The number of para-hydroxylation sites is 2.